The molecule has 0 bridgehead atoms. The highest BCUT2D eigenvalue weighted by atomic mass is 16.1. The third kappa shape index (κ3) is 3.70. The van der Waals surface area contributed by atoms with Crippen molar-refractivity contribution >= 4 is 17.3 Å². The molecule has 1 unspecified atom stereocenters. The molecule has 1 saturated heterocycles. The summed E-state index contributed by atoms with van der Waals surface area (Å²) in [4.78, 5) is 16.5. The van der Waals surface area contributed by atoms with Gasteiger partial charge in [0.05, 0.1) is 5.92 Å². The van der Waals surface area contributed by atoms with Gasteiger partial charge in [0.15, 0.2) is 0 Å². The largest absolute Gasteiger partial charge is 0.378 e. The third-order valence-electron chi connectivity index (χ3n) is 3.65. The van der Waals surface area contributed by atoms with Crippen LogP contribution in [-0.2, 0) is 4.79 Å². The molecule has 0 aliphatic carbocycles. The molecular weight excluding hydrogens is 238 g/mol. The number of nitrogens with one attached hydrogen (secondary N) is 1. The van der Waals surface area contributed by atoms with Crippen LogP contribution < -0.4 is 10.2 Å². The van der Waals surface area contributed by atoms with Crippen molar-refractivity contribution in [2.24, 2.45) is 5.92 Å². The van der Waals surface area contributed by atoms with Crippen LogP contribution in [0.1, 0.15) is 12.8 Å². The molecule has 1 aliphatic heterocycles. The highest BCUT2D eigenvalue weighted by Crippen LogP contribution is 2.19. The van der Waals surface area contributed by atoms with Crippen LogP contribution in [0, 0.1) is 5.92 Å². The molecule has 1 amide bonds. The zero-order valence-electron chi connectivity index (χ0n) is 12.0. The lowest BCUT2D eigenvalue weighted by molar-refractivity contribution is -0.121. The number of rotatable bonds is 3. The Morgan fingerprint density at radius 1 is 1.32 bits per heavy atom. The lowest BCUT2D eigenvalue weighted by Gasteiger charge is -2.28. The maximum atomic E-state index is 12.2. The van der Waals surface area contributed by atoms with Gasteiger partial charge in [-0.3, -0.25) is 4.79 Å². The minimum Gasteiger partial charge on any atom is -0.378 e. The van der Waals surface area contributed by atoms with E-state index in [4.69, 9.17) is 0 Å². The molecule has 1 heterocycles. The van der Waals surface area contributed by atoms with Crippen molar-refractivity contribution in [3.63, 3.8) is 0 Å². The minimum absolute atomic E-state index is 0.118. The Morgan fingerprint density at radius 3 is 2.58 bits per heavy atom. The summed E-state index contributed by atoms with van der Waals surface area (Å²) in [5.74, 6) is 0.261. The molecule has 2 rings (SSSR count). The van der Waals surface area contributed by atoms with Crippen LogP contribution in [-0.4, -0.2) is 45.0 Å². The number of nitrogens with zero attached hydrogens (tertiary/aromatic N) is 2. The topological polar surface area (TPSA) is 35.6 Å². The first-order chi connectivity index (χ1) is 9.06. The first kappa shape index (κ1) is 13.9. The lowest BCUT2D eigenvalue weighted by atomic mass is 9.97. The summed E-state index contributed by atoms with van der Waals surface area (Å²) in [7, 11) is 6.09. The number of hydrogen-bond acceptors (Lipinski definition) is 3. The Bertz CT molecular complexity index is 428. The van der Waals surface area contributed by atoms with Crippen LogP contribution in [0.5, 0.6) is 0 Å². The molecule has 1 aromatic rings. The molecule has 0 spiro atoms. The van der Waals surface area contributed by atoms with Crippen LogP contribution in [0.2, 0.25) is 0 Å². The second-order valence-corrected chi connectivity index (χ2v) is 5.53. The average molecular weight is 261 g/mol. The monoisotopic (exact) mass is 261 g/mol. The van der Waals surface area contributed by atoms with Crippen molar-refractivity contribution in [3.05, 3.63) is 24.3 Å². The van der Waals surface area contributed by atoms with Crippen molar-refractivity contribution < 1.29 is 4.79 Å². The van der Waals surface area contributed by atoms with Gasteiger partial charge in [-0.25, -0.2) is 0 Å². The molecule has 0 saturated carbocycles. The smallest absolute Gasteiger partial charge is 0.228 e. The van der Waals surface area contributed by atoms with Gasteiger partial charge in [-0.1, -0.05) is 0 Å². The number of anilines is 2. The number of hydrogen-bond donors (Lipinski definition) is 1. The number of carbonyl (C=O) groups is 1. The van der Waals surface area contributed by atoms with Gasteiger partial charge in [-0.05, 0) is 50.7 Å². The van der Waals surface area contributed by atoms with Crippen molar-refractivity contribution in [3.8, 4) is 0 Å². The van der Waals surface area contributed by atoms with E-state index >= 15 is 0 Å². The Labute approximate surface area is 115 Å². The lowest BCUT2D eigenvalue weighted by Crippen LogP contribution is -2.38. The van der Waals surface area contributed by atoms with Crippen LogP contribution in [0.25, 0.3) is 0 Å². The molecule has 1 fully saturated rings. The normalized spacial score (nSPS) is 20.1. The number of benzene rings is 1. The van der Waals surface area contributed by atoms with Crippen LogP contribution in [0.4, 0.5) is 11.4 Å². The van der Waals surface area contributed by atoms with E-state index in [0.29, 0.717) is 0 Å². The fourth-order valence-corrected chi connectivity index (χ4v) is 2.47. The first-order valence-electron chi connectivity index (χ1n) is 6.83. The zero-order chi connectivity index (χ0) is 13.8. The predicted molar refractivity (Wildman–Crippen MR) is 79.6 cm³/mol. The van der Waals surface area contributed by atoms with Gasteiger partial charge in [0.2, 0.25) is 5.91 Å². The fraction of sp³-hybridized carbons (Fsp3) is 0.533. The molecule has 104 valence electrons. The molecule has 0 radical (unpaired) electrons. The number of carbonyl (C=O) groups excluding carboxylic acids is 1. The molecule has 0 aromatic heterocycles. The van der Waals surface area contributed by atoms with Crippen molar-refractivity contribution in [1.29, 1.82) is 0 Å². The number of likely N-dealkylation sites (tertiary alicyclic amines) is 1. The Balaban J connectivity index is 1.94. The van der Waals surface area contributed by atoms with Crippen molar-refractivity contribution in [2.75, 3.05) is 44.4 Å². The van der Waals surface area contributed by atoms with Gasteiger partial charge in [-0.15, -0.1) is 0 Å². The van der Waals surface area contributed by atoms with Gasteiger partial charge in [0.1, 0.15) is 0 Å². The molecule has 4 nitrogen and oxygen atoms in total. The summed E-state index contributed by atoms with van der Waals surface area (Å²) < 4.78 is 0. The van der Waals surface area contributed by atoms with E-state index in [1.54, 1.807) is 0 Å². The van der Waals surface area contributed by atoms with Gasteiger partial charge in [0, 0.05) is 32.0 Å². The maximum absolute atomic E-state index is 12.2. The Morgan fingerprint density at radius 2 is 2.00 bits per heavy atom. The van der Waals surface area contributed by atoms with Crippen molar-refractivity contribution in [1.82, 2.24) is 4.90 Å². The highest BCUT2D eigenvalue weighted by Gasteiger charge is 2.23. The number of amides is 1. The van der Waals surface area contributed by atoms with Gasteiger partial charge in [-0.2, -0.15) is 0 Å². The average Bonchev–Trinajstić information content (AvgIpc) is 2.39. The summed E-state index contributed by atoms with van der Waals surface area (Å²) >= 11 is 0. The fourth-order valence-electron chi connectivity index (χ4n) is 2.47. The Kier molecular flexibility index (Phi) is 4.43. The second-order valence-electron chi connectivity index (χ2n) is 5.53. The van der Waals surface area contributed by atoms with Crippen LogP contribution >= 0.6 is 0 Å². The standard InChI is InChI=1S/C15H23N3O/c1-17(2)14-8-6-13(7-9-14)16-15(19)12-5-4-10-18(3)11-12/h6-9,12H,4-5,10-11H2,1-3H3,(H,16,19). The van der Waals surface area contributed by atoms with E-state index in [1.807, 2.05) is 43.3 Å². The second kappa shape index (κ2) is 6.06. The van der Waals surface area contributed by atoms with E-state index < -0.39 is 0 Å². The summed E-state index contributed by atoms with van der Waals surface area (Å²) in [6.45, 7) is 1.96. The molecule has 4 heteroatoms. The van der Waals surface area contributed by atoms with E-state index in [0.717, 1.165) is 37.3 Å². The van der Waals surface area contributed by atoms with Gasteiger partial charge in [0.25, 0.3) is 0 Å². The molecule has 1 atom stereocenters. The zero-order valence-corrected chi connectivity index (χ0v) is 12.0. The van der Waals surface area contributed by atoms with E-state index in [9.17, 15) is 4.79 Å². The quantitative estimate of drug-likeness (QED) is 0.904. The van der Waals surface area contributed by atoms with E-state index in [2.05, 4.69) is 17.3 Å². The van der Waals surface area contributed by atoms with Crippen LogP contribution in [0.3, 0.4) is 0 Å². The molecule has 1 aliphatic rings. The van der Waals surface area contributed by atoms with Crippen molar-refractivity contribution in [2.45, 2.75) is 12.8 Å². The molecular formula is C15H23N3O. The first-order valence-corrected chi connectivity index (χ1v) is 6.83. The predicted octanol–water partition coefficient (Wildman–Crippen LogP) is 2.03. The minimum atomic E-state index is 0.118. The summed E-state index contributed by atoms with van der Waals surface area (Å²) in [5, 5.41) is 3.01. The molecule has 1 aromatic carbocycles. The summed E-state index contributed by atoms with van der Waals surface area (Å²) in [6.07, 6.45) is 2.10. The summed E-state index contributed by atoms with van der Waals surface area (Å²) in [6, 6.07) is 7.95. The summed E-state index contributed by atoms with van der Waals surface area (Å²) in [5.41, 5.74) is 2.01. The van der Waals surface area contributed by atoms with Gasteiger partial charge >= 0.3 is 0 Å². The number of piperidine rings is 1. The maximum Gasteiger partial charge on any atom is 0.228 e. The molecule has 1 N–H and O–H groups in total. The van der Waals surface area contributed by atoms with Gasteiger partial charge < -0.3 is 15.1 Å². The molecule has 19 heavy (non-hydrogen) atoms. The highest BCUT2D eigenvalue weighted by molar-refractivity contribution is 5.92. The van der Waals surface area contributed by atoms with Crippen LogP contribution in [0.15, 0.2) is 24.3 Å². The van der Waals surface area contributed by atoms with E-state index in [1.165, 1.54) is 0 Å². The van der Waals surface area contributed by atoms with E-state index in [-0.39, 0.29) is 11.8 Å². The SMILES string of the molecule is CN1CCCC(C(=O)Nc2ccc(N(C)C)cc2)C1. The third-order valence-corrected chi connectivity index (χ3v) is 3.65. The Hall–Kier alpha value is -1.55.